The minimum atomic E-state index is 1.27. The van der Waals surface area contributed by atoms with Crippen LogP contribution >= 0.6 is 11.3 Å². The third-order valence-electron chi connectivity index (χ3n) is 3.72. The van der Waals surface area contributed by atoms with Crippen LogP contribution in [0.15, 0.2) is 84.9 Å². The lowest BCUT2D eigenvalue weighted by Crippen LogP contribution is -1.70. The molecule has 0 N–H and O–H groups in total. The van der Waals surface area contributed by atoms with Crippen LogP contribution in [0.4, 0.5) is 0 Å². The molecule has 1 heteroatoms. The van der Waals surface area contributed by atoms with Crippen molar-refractivity contribution in [3.05, 3.63) is 84.9 Å². The van der Waals surface area contributed by atoms with Crippen molar-refractivity contribution in [2.24, 2.45) is 0 Å². The Hall–Kier alpha value is -2.38. The highest BCUT2D eigenvalue weighted by atomic mass is 32.1. The average molecular weight is 286 g/mol. The molecule has 0 saturated carbocycles. The fraction of sp³-hybridized carbons (Fsp3) is 0. The van der Waals surface area contributed by atoms with Gasteiger partial charge in [-0.25, -0.2) is 0 Å². The summed E-state index contributed by atoms with van der Waals surface area (Å²) in [6.07, 6.45) is 0. The van der Waals surface area contributed by atoms with E-state index >= 15 is 0 Å². The lowest BCUT2D eigenvalue weighted by atomic mass is 10.1. The van der Waals surface area contributed by atoms with Crippen LogP contribution in [0.1, 0.15) is 0 Å². The monoisotopic (exact) mass is 286 g/mol. The van der Waals surface area contributed by atoms with Crippen molar-refractivity contribution in [3.63, 3.8) is 0 Å². The number of rotatable bonds is 0. The van der Waals surface area contributed by atoms with Crippen molar-refractivity contribution in [1.82, 2.24) is 0 Å². The maximum atomic E-state index is 2.22. The lowest BCUT2D eigenvalue weighted by Gasteiger charge is -1.98. The zero-order valence-electron chi connectivity index (χ0n) is 11.5. The van der Waals surface area contributed by atoms with Gasteiger partial charge in [0, 0.05) is 9.40 Å². The van der Waals surface area contributed by atoms with Crippen LogP contribution in [0.5, 0.6) is 0 Å². The van der Waals surface area contributed by atoms with Crippen molar-refractivity contribution in [3.8, 4) is 0 Å². The van der Waals surface area contributed by atoms with E-state index in [1.807, 2.05) is 11.3 Å². The first-order valence-corrected chi connectivity index (χ1v) is 7.87. The maximum Gasteiger partial charge on any atom is 0.0355 e. The minimum Gasteiger partial charge on any atom is -0.135 e. The molecule has 4 aromatic rings. The van der Waals surface area contributed by atoms with E-state index in [4.69, 9.17) is 0 Å². The highest BCUT2D eigenvalue weighted by Crippen LogP contribution is 2.28. The Morgan fingerprint density at radius 3 is 1.86 bits per heavy atom. The van der Waals surface area contributed by atoms with Gasteiger partial charge in [-0.05, 0) is 33.7 Å². The van der Waals surface area contributed by atoms with Gasteiger partial charge in [0.25, 0.3) is 0 Å². The fourth-order valence-electron chi connectivity index (χ4n) is 2.67. The Labute approximate surface area is 127 Å². The molecule has 100 valence electrons. The van der Waals surface area contributed by atoms with Crippen molar-refractivity contribution in [2.45, 2.75) is 0 Å². The summed E-state index contributed by atoms with van der Waals surface area (Å²) in [4.78, 5) is 0. The molecule has 0 amide bonds. The van der Waals surface area contributed by atoms with Crippen LogP contribution in [0.2, 0.25) is 0 Å². The van der Waals surface area contributed by atoms with Crippen LogP contribution in [-0.4, -0.2) is 0 Å². The van der Waals surface area contributed by atoms with Crippen LogP contribution in [0, 0.1) is 0 Å². The summed E-state index contributed by atoms with van der Waals surface area (Å²) >= 11 is 1.84. The fourth-order valence-corrected chi connectivity index (χ4v) is 3.75. The Balaban J connectivity index is 2.36. The van der Waals surface area contributed by atoms with E-state index in [0.29, 0.717) is 0 Å². The van der Waals surface area contributed by atoms with Gasteiger partial charge in [-0.2, -0.15) is 0 Å². The molecule has 0 bridgehead atoms. The molecule has 3 aromatic carbocycles. The molecule has 21 heavy (non-hydrogen) atoms. The van der Waals surface area contributed by atoms with E-state index in [-0.39, 0.29) is 0 Å². The molecule has 0 fully saturated rings. The van der Waals surface area contributed by atoms with Gasteiger partial charge in [-0.3, -0.25) is 0 Å². The van der Waals surface area contributed by atoms with E-state index in [1.165, 1.54) is 30.9 Å². The predicted molar refractivity (Wildman–Crippen MR) is 94.5 cm³/mol. The van der Waals surface area contributed by atoms with Gasteiger partial charge in [0.15, 0.2) is 0 Å². The van der Waals surface area contributed by atoms with Crippen LogP contribution in [-0.2, 0) is 0 Å². The summed E-state index contributed by atoms with van der Waals surface area (Å²) < 4.78 is 2.61. The Morgan fingerprint density at radius 1 is 0.429 bits per heavy atom. The zero-order valence-corrected chi connectivity index (χ0v) is 12.3. The molecular formula is C20H14S. The summed E-state index contributed by atoms with van der Waals surface area (Å²) in [5, 5.41) is 5.14. The predicted octanol–water partition coefficient (Wildman–Crippen LogP) is 6.33. The van der Waals surface area contributed by atoms with Gasteiger partial charge < -0.3 is 0 Å². The first-order valence-electron chi connectivity index (χ1n) is 7.05. The first-order chi connectivity index (χ1) is 10.4. The van der Waals surface area contributed by atoms with E-state index in [2.05, 4.69) is 84.9 Å². The molecular weight excluding hydrogens is 272 g/mol. The Kier molecular flexibility index (Phi) is 3.06. The third kappa shape index (κ3) is 2.26. The normalized spacial score (nSPS) is 10.9. The molecule has 0 atom stereocenters. The summed E-state index contributed by atoms with van der Waals surface area (Å²) in [6.45, 7) is 0. The summed E-state index contributed by atoms with van der Waals surface area (Å²) in [5.74, 6) is 0. The highest BCUT2D eigenvalue weighted by Gasteiger charge is 1.98. The Morgan fingerprint density at radius 2 is 1.00 bits per heavy atom. The molecule has 0 saturated heterocycles. The second kappa shape index (κ2) is 5.19. The number of fused-ring (bicyclic) bond motifs is 4. The van der Waals surface area contributed by atoms with Gasteiger partial charge in [0.1, 0.15) is 0 Å². The molecule has 0 unspecified atom stereocenters. The smallest absolute Gasteiger partial charge is 0.0355 e. The number of hydrogen-bond donors (Lipinski definition) is 0. The van der Waals surface area contributed by atoms with Crippen molar-refractivity contribution < 1.29 is 0 Å². The molecule has 0 aliphatic carbocycles. The Bertz CT molecular complexity index is 994. The zero-order chi connectivity index (χ0) is 14.1. The summed E-state index contributed by atoms with van der Waals surface area (Å²) in [7, 11) is 0. The van der Waals surface area contributed by atoms with Crippen LogP contribution in [0.25, 0.3) is 30.9 Å². The minimum absolute atomic E-state index is 1.27. The van der Waals surface area contributed by atoms with E-state index in [0.717, 1.165) is 0 Å². The second-order valence-corrected chi connectivity index (χ2v) is 6.14. The lowest BCUT2D eigenvalue weighted by molar-refractivity contribution is 1.80. The van der Waals surface area contributed by atoms with Gasteiger partial charge >= 0.3 is 0 Å². The molecule has 4 rings (SSSR count). The first kappa shape index (κ1) is 12.4. The van der Waals surface area contributed by atoms with Gasteiger partial charge in [-0.1, -0.05) is 72.8 Å². The van der Waals surface area contributed by atoms with E-state index in [1.54, 1.807) is 0 Å². The largest absolute Gasteiger partial charge is 0.135 e. The summed E-state index contributed by atoms with van der Waals surface area (Å²) in [6, 6.07) is 30.2. The van der Waals surface area contributed by atoms with Crippen molar-refractivity contribution >= 4 is 42.3 Å². The standard InChI is InChI=1S/C20H14S/c1-3-9-17-15(7-1)13-14-16-8-2-5-11-19(16)21-20-12-6-4-10-18(17)20/h1-14H. The molecule has 1 aromatic heterocycles. The average Bonchev–Trinajstić information content (AvgIpc) is 2.61. The number of hydrogen-bond acceptors (Lipinski definition) is 1. The van der Waals surface area contributed by atoms with E-state index in [9.17, 15) is 0 Å². The van der Waals surface area contributed by atoms with Gasteiger partial charge in [0.05, 0.1) is 0 Å². The molecule has 0 nitrogen and oxygen atoms in total. The van der Waals surface area contributed by atoms with Crippen LogP contribution in [0.3, 0.4) is 0 Å². The van der Waals surface area contributed by atoms with Gasteiger partial charge in [0.2, 0.25) is 0 Å². The molecule has 0 radical (unpaired) electrons. The SMILES string of the molecule is c1ccc2sc3ccccc3c3ccccc3ccc2c1. The third-order valence-corrected chi connectivity index (χ3v) is 4.89. The second-order valence-electron chi connectivity index (χ2n) is 5.06. The van der Waals surface area contributed by atoms with Gasteiger partial charge in [-0.15, -0.1) is 11.3 Å². The maximum absolute atomic E-state index is 2.22. The van der Waals surface area contributed by atoms with E-state index < -0.39 is 0 Å². The molecule has 0 aliphatic rings. The molecule has 0 aliphatic heterocycles. The van der Waals surface area contributed by atoms with Crippen molar-refractivity contribution in [1.29, 1.82) is 0 Å². The quantitative estimate of drug-likeness (QED) is 0.354. The van der Waals surface area contributed by atoms with Crippen molar-refractivity contribution in [2.75, 3.05) is 0 Å². The molecule has 0 spiro atoms. The van der Waals surface area contributed by atoms with Crippen LogP contribution < -0.4 is 0 Å². The topological polar surface area (TPSA) is 0 Å². The highest BCUT2D eigenvalue weighted by molar-refractivity contribution is 7.24. The number of benzene rings is 3. The summed E-state index contributed by atoms with van der Waals surface area (Å²) in [5.41, 5.74) is 0. The molecule has 1 heterocycles.